The molecule has 6 nitrogen and oxygen atoms in total. The fourth-order valence-electron chi connectivity index (χ4n) is 2.12. The molecule has 1 aliphatic heterocycles. The first-order chi connectivity index (χ1) is 8.61. The lowest BCUT2D eigenvalue weighted by molar-refractivity contribution is -0.143. The van der Waals surface area contributed by atoms with Crippen molar-refractivity contribution in [3.63, 3.8) is 0 Å². The van der Waals surface area contributed by atoms with E-state index >= 15 is 0 Å². The zero-order chi connectivity index (χ0) is 13.1. The minimum absolute atomic E-state index is 0.224. The van der Waals surface area contributed by atoms with E-state index in [1.165, 1.54) is 4.90 Å². The summed E-state index contributed by atoms with van der Waals surface area (Å²) in [5.41, 5.74) is 5.41. The molecular weight excluding hydrogens is 236 g/mol. The summed E-state index contributed by atoms with van der Waals surface area (Å²) in [6.45, 7) is 1.05. The number of nitrogens with two attached hydrogens (primary N) is 1. The number of hydrogen-bond acceptors (Lipinski definition) is 4. The van der Waals surface area contributed by atoms with Gasteiger partial charge >= 0.3 is 5.97 Å². The van der Waals surface area contributed by atoms with Crippen molar-refractivity contribution in [3.05, 3.63) is 23.7 Å². The van der Waals surface area contributed by atoms with E-state index in [-0.39, 0.29) is 24.8 Å². The van der Waals surface area contributed by atoms with Gasteiger partial charge in [-0.3, -0.25) is 9.59 Å². The summed E-state index contributed by atoms with van der Waals surface area (Å²) in [5.74, 6) is -0.825. The lowest BCUT2D eigenvalue weighted by atomic mass is 9.98. The molecule has 1 aliphatic rings. The number of hydrogen-bond donors (Lipinski definition) is 2. The normalized spacial score (nSPS) is 19.8. The highest BCUT2D eigenvalue weighted by Gasteiger charge is 2.29. The number of amides is 1. The van der Waals surface area contributed by atoms with Crippen LogP contribution in [0.2, 0.25) is 0 Å². The number of rotatable bonds is 3. The topological polar surface area (TPSA) is 96.8 Å². The second-order valence-electron chi connectivity index (χ2n) is 4.40. The molecule has 1 aromatic rings. The summed E-state index contributed by atoms with van der Waals surface area (Å²) in [5, 5.41) is 8.97. The third-order valence-corrected chi connectivity index (χ3v) is 3.13. The Hall–Kier alpha value is -1.82. The average Bonchev–Trinajstić information content (AvgIpc) is 2.86. The molecule has 6 heteroatoms. The van der Waals surface area contributed by atoms with E-state index in [1.807, 2.05) is 0 Å². The second kappa shape index (κ2) is 5.22. The number of carbonyl (C=O) groups excluding carboxylic acids is 1. The molecular formula is C12H16N2O4. The van der Waals surface area contributed by atoms with Gasteiger partial charge in [0.05, 0.1) is 12.5 Å². The lowest BCUT2D eigenvalue weighted by Crippen LogP contribution is -2.42. The summed E-state index contributed by atoms with van der Waals surface area (Å²) in [7, 11) is 0. The zero-order valence-corrected chi connectivity index (χ0v) is 9.96. The third-order valence-electron chi connectivity index (χ3n) is 3.13. The van der Waals surface area contributed by atoms with Crippen LogP contribution in [0, 0.1) is 5.92 Å². The lowest BCUT2D eigenvalue weighted by Gasteiger charge is -2.29. The number of aliphatic carboxylic acids is 1. The molecule has 0 radical (unpaired) electrons. The molecule has 0 bridgehead atoms. The summed E-state index contributed by atoms with van der Waals surface area (Å²) in [6.07, 6.45) is 1.32. The number of nitrogens with zero attached hydrogens (tertiary/aromatic N) is 1. The minimum Gasteiger partial charge on any atom is -0.481 e. The summed E-state index contributed by atoms with van der Waals surface area (Å²) < 4.78 is 5.28. The van der Waals surface area contributed by atoms with Gasteiger partial charge < -0.3 is 20.2 Å². The van der Waals surface area contributed by atoms with Crippen LogP contribution in [-0.4, -0.2) is 35.0 Å². The predicted octanol–water partition coefficient (Wildman–Crippen LogP) is 0.675. The molecule has 2 rings (SSSR count). The molecule has 1 fully saturated rings. The van der Waals surface area contributed by atoms with E-state index in [2.05, 4.69) is 0 Å². The number of likely N-dealkylation sites (tertiary alicyclic amines) is 1. The molecule has 1 atom stereocenters. The first-order valence-electron chi connectivity index (χ1n) is 5.92. The van der Waals surface area contributed by atoms with Crippen LogP contribution in [0.15, 0.2) is 16.5 Å². The molecule has 0 aromatic carbocycles. The smallest absolute Gasteiger partial charge is 0.308 e. The van der Waals surface area contributed by atoms with Crippen molar-refractivity contribution in [1.29, 1.82) is 0 Å². The summed E-state index contributed by atoms with van der Waals surface area (Å²) >= 11 is 0. The monoisotopic (exact) mass is 252 g/mol. The van der Waals surface area contributed by atoms with Gasteiger partial charge in [-0.25, -0.2) is 0 Å². The summed E-state index contributed by atoms with van der Waals surface area (Å²) in [6, 6.07) is 3.24. The molecule has 18 heavy (non-hydrogen) atoms. The predicted molar refractivity (Wildman–Crippen MR) is 62.9 cm³/mol. The molecule has 1 saturated heterocycles. The Bertz CT molecular complexity index is 455. The van der Waals surface area contributed by atoms with Gasteiger partial charge in [0.2, 0.25) is 0 Å². The quantitative estimate of drug-likeness (QED) is 0.824. The van der Waals surface area contributed by atoms with E-state index in [9.17, 15) is 9.59 Å². The third kappa shape index (κ3) is 2.53. The van der Waals surface area contributed by atoms with Crippen LogP contribution < -0.4 is 5.73 Å². The molecule has 1 unspecified atom stereocenters. The van der Waals surface area contributed by atoms with Gasteiger partial charge in [0, 0.05) is 13.1 Å². The Labute approximate surface area is 104 Å². The largest absolute Gasteiger partial charge is 0.481 e. The van der Waals surface area contributed by atoms with Crippen LogP contribution in [0.1, 0.15) is 29.2 Å². The molecule has 0 spiro atoms. The van der Waals surface area contributed by atoms with E-state index in [0.29, 0.717) is 25.1 Å². The highest BCUT2D eigenvalue weighted by atomic mass is 16.4. The molecule has 3 N–H and O–H groups in total. The van der Waals surface area contributed by atoms with E-state index < -0.39 is 11.9 Å². The van der Waals surface area contributed by atoms with Gasteiger partial charge in [0.25, 0.3) is 5.91 Å². The van der Waals surface area contributed by atoms with Crippen LogP contribution in [0.25, 0.3) is 0 Å². The number of carbonyl (C=O) groups is 2. The Morgan fingerprint density at radius 1 is 1.50 bits per heavy atom. The van der Waals surface area contributed by atoms with Gasteiger partial charge in [-0.15, -0.1) is 0 Å². The van der Waals surface area contributed by atoms with Crippen molar-refractivity contribution in [3.8, 4) is 0 Å². The maximum Gasteiger partial charge on any atom is 0.308 e. The first kappa shape index (κ1) is 12.6. The van der Waals surface area contributed by atoms with Crippen LogP contribution in [0.5, 0.6) is 0 Å². The van der Waals surface area contributed by atoms with Crippen LogP contribution >= 0.6 is 0 Å². The molecule has 2 heterocycles. The average molecular weight is 252 g/mol. The Balaban J connectivity index is 2.06. The fourth-order valence-corrected chi connectivity index (χ4v) is 2.12. The Morgan fingerprint density at radius 2 is 2.28 bits per heavy atom. The molecule has 0 aliphatic carbocycles. The summed E-state index contributed by atoms with van der Waals surface area (Å²) in [4.78, 5) is 24.6. The van der Waals surface area contributed by atoms with Crippen molar-refractivity contribution in [2.75, 3.05) is 13.1 Å². The molecule has 1 amide bonds. The van der Waals surface area contributed by atoms with Crippen LogP contribution in [0.3, 0.4) is 0 Å². The SMILES string of the molecule is NCc1ccc(C(=O)N2CCCC(C(=O)O)C2)o1. The maximum absolute atomic E-state index is 12.1. The maximum atomic E-state index is 12.1. The molecule has 1 aromatic heterocycles. The van der Waals surface area contributed by atoms with Crippen molar-refractivity contribution in [1.82, 2.24) is 4.90 Å². The Morgan fingerprint density at radius 3 is 2.89 bits per heavy atom. The van der Waals surface area contributed by atoms with E-state index in [0.717, 1.165) is 0 Å². The highest BCUT2D eigenvalue weighted by Crippen LogP contribution is 2.19. The Kier molecular flexibility index (Phi) is 3.66. The van der Waals surface area contributed by atoms with Gasteiger partial charge in [-0.2, -0.15) is 0 Å². The second-order valence-corrected chi connectivity index (χ2v) is 4.40. The van der Waals surface area contributed by atoms with Gasteiger partial charge in [-0.05, 0) is 25.0 Å². The van der Waals surface area contributed by atoms with Crippen molar-refractivity contribution in [2.45, 2.75) is 19.4 Å². The number of piperidine rings is 1. The standard InChI is InChI=1S/C12H16N2O4/c13-6-9-3-4-10(18-9)11(15)14-5-1-2-8(7-14)12(16)17/h3-4,8H,1-2,5-7,13H2,(H,16,17). The number of furan rings is 1. The van der Waals surface area contributed by atoms with E-state index in [1.54, 1.807) is 12.1 Å². The fraction of sp³-hybridized carbons (Fsp3) is 0.500. The minimum atomic E-state index is -0.852. The van der Waals surface area contributed by atoms with E-state index in [4.69, 9.17) is 15.3 Å². The van der Waals surface area contributed by atoms with Gasteiger partial charge in [-0.1, -0.05) is 0 Å². The first-order valence-corrected chi connectivity index (χ1v) is 5.92. The van der Waals surface area contributed by atoms with Crippen molar-refractivity contribution < 1.29 is 19.1 Å². The van der Waals surface area contributed by atoms with Crippen LogP contribution in [0.4, 0.5) is 0 Å². The molecule has 0 saturated carbocycles. The van der Waals surface area contributed by atoms with Crippen LogP contribution in [-0.2, 0) is 11.3 Å². The van der Waals surface area contributed by atoms with Gasteiger partial charge in [0.15, 0.2) is 5.76 Å². The molecule has 98 valence electrons. The zero-order valence-electron chi connectivity index (χ0n) is 9.96. The van der Waals surface area contributed by atoms with Crippen molar-refractivity contribution >= 4 is 11.9 Å². The number of carboxylic acid groups (broad SMARTS) is 1. The van der Waals surface area contributed by atoms with Gasteiger partial charge in [0.1, 0.15) is 5.76 Å². The highest BCUT2D eigenvalue weighted by molar-refractivity contribution is 5.92. The number of carboxylic acids is 1. The van der Waals surface area contributed by atoms with Crippen molar-refractivity contribution in [2.24, 2.45) is 11.7 Å².